The first-order chi connectivity index (χ1) is 11.1. The van der Waals surface area contributed by atoms with E-state index in [9.17, 15) is 14.5 Å². The summed E-state index contributed by atoms with van der Waals surface area (Å²) in [4.78, 5) is 12.0. The molecule has 1 aromatic rings. The van der Waals surface area contributed by atoms with E-state index in [0.717, 1.165) is 45.1 Å². The van der Waals surface area contributed by atoms with Crippen LogP contribution in [-0.2, 0) is 9.47 Å². The maximum atomic E-state index is 14.1. The van der Waals surface area contributed by atoms with Gasteiger partial charge in [-0.2, -0.15) is 0 Å². The van der Waals surface area contributed by atoms with E-state index >= 15 is 0 Å². The van der Waals surface area contributed by atoms with Crippen molar-refractivity contribution in [1.82, 2.24) is 0 Å². The number of halogens is 1. The first-order valence-electron chi connectivity index (χ1n) is 8.01. The zero-order valence-electron chi connectivity index (χ0n) is 12.9. The molecule has 0 N–H and O–H groups in total. The molecule has 3 rings (SSSR count). The van der Waals surface area contributed by atoms with Gasteiger partial charge in [0.05, 0.1) is 36.0 Å². The standard InChI is InChI=1S/C16H21FN2O4/c17-15-9-13(19(20)21)1-2-16(15)18-6-3-14(4-7-18)23-11-12-5-8-22-10-12/h1-2,9,12,14H,3-8,10-11H2. The van der Waals surface area contributed by atoms with Crippen LogP contribution < -0.4 is 4.90 Å². The number of nitrogens with zero attached hydrogens (tertiary/aromatic N) is 2. The quantitative estimate of drug-likeness (QED) is 0.615. The predicted octanol–water partition coefficient (Wildman–Crippen LogP) is 2.76. The van der Waals surface area contributed by atoms with Crippen molar-refractivity contribution in [1.29, 1.82) is 0 Å². The Labute approximate surface area is 134 Å². The first-order valence-corrected chi connectivity index (χ1v) is 8.01. The Kier molecular flexibility index (Phi) is 5.07. The SMILES string of the molecule is O=[N+]([O-])c1ccc(N2CCC(OCC3CCOC3)CC2)c(F)c1. The fraction of sp³-hybridized carbons (Fsp3) is 0.625. The van der Waals surface area contributed by atoms with Crippen molar-refractivity contribution in [2.24, 2.45) is 5.92 Å². The molecule has 0 amide bonds. The van der Waals surface area contributed by atoms with Crippen LogP contribution in [0.15, 0.2) is 18.2 Å². The van der Waals surface area contributed by atoms with Gasteiger partial charge in [0.25, 0.3) is 5.69 Å². The Hall–Kier alpha value is -1.73. The van der Waals surface area contributed by atoms with Crippen molar-refractivity contribution in [2.75, 3.05) is 37.8 Å². The van der Waals surface area contributed by atoms with Crippen LogP contribution in [0, 0.1) is 21.8 Å². The van der Waals surface area contributed by atoms with E-state index in [1.807, 2.05) is 4.90 Å². The fourth-order valence-corrected chi connectivity index (χ4v) is 3.12. The lowest BCUT2D eigenvalue weighted by Gasteiger charge is -2.34. The van der Waals surface area contributed by atoms with Crippen molar-refractivity contribution >= 4 is 11.4 Å². The summed E-state index contributed by atoms with van der Waals surface area (Å²) in [5.41, 5.74) is 0.210. The van der Waals surface area contributed by atoms with Crippen LogP contribution >= 0.6 is 0 Å². The second-order valence-electron chi connectivity index (χ2n) is 6.14. The number of nitro benzene ring substituents is 1. The summed E-state index contributed by atoms with van der Waals surface area (Å²) in [6, 6.07) is 3.82. The zero-order chi connectivity index (χ0) is 16.2. The number of rotatable bonds is 5. The highest BCUT2D eigenvalue weighted by molar-refractivity contribution is 5.52. The molecule has 1 aromatic carbocycles. The molecule has 2 fully saturated rings. The average Bonchev–Trinajstić information content (AvgIpc) is 3.07. The molecule has 2 heterocycles. The lowest BCUT2D eigenvalue weighted by atomic mass is 10.1. The summed E-state index contributed by atoms with van der Waals surface area (Å²) in [6.45, 7) is 3.73. The van der Waals surface area contributed by atoms with Gasteiger partial charge >= 0.3 is 0 Å². The summed E-state index contributed by atoms with van der Waals surface area (Å²) in [6.07, 6.45) is 2.94. The monoisotopic (exact) mass is 324 g/mol. The van der Waals surface area contributed by atoms with E-state index in [4.69, 9.17) is 9.47 Å². The Morgan fingerprint density at radius 3 is 2.74 bits per heavy atom. The van der Waals surface area contributed by atoms with E-state index in [-0.39, 0.29) is 11.8 Å². The van der Waals surface area contributed by atoms with Gasteiger partial charge in [0.2, 0.25) is 0 Å². The Morgan fingerprint density at radius 2 is 2.13 bits per heavy atom. The maximum absolute atomic E-state index is 14.1. The smallest absolute Gasteiger partial charge is 0.272 e. The van der Waals surface area contributed by atoms with Gasteiger partial charge in [-0.1, -0.05) is 0 Å². The van der Waals surface area contributed by atoms with Gasteiger partial charge < -0.3 is 14.4 Å². The second kappa shape index (κ2) is 7.23. The molecule has 0 radical (unpaired) electrons. The van der Waals surface area contributed by atoms with Gasteiger partial charge in [0, 0.05) is 31.7 Å². The Morgan fingerprint density at radius 1 is 1.35 bits per heavy atom. The molecular formula is C16H21FN2O4. The van der Waals surface area contributed by atoms with Gasteiger partial charge in [-0.15, -0.1) is 0 Å². The minimum absolute atomic E-state index is 0.202. The number of nitro groups is 1. The molecule has 0 aliphatic carbocycles. The molecule has 0 saturated carbocycles. The van der Waals surface area contributed by atoms with Crippen LogP contribution in [0.3, 0.4) is 0 Å². The average molecular weight is 324 g/mol. The summed E-state index contributed by atoms with van der Waals surface area (Å²) < 4.78 is 25.3. The number of anilines is 1. The van der Waals surface area contributed by atoms with Crippen LogP contribution in [-0.4, -0.2) is 43.9 Å². The van der Waals surface area contributed by atoms with E-state index in [2.05, 4.69) is 0 Å². The summed E-state index contributed by atoms with van der Waals surface area (Å²) in [5.74, 6) is -0.0400. The summed E-state index contributed by atoms with van der Waals surface area (Å²) in [5, 5.41) is 10.7. The van der Waals surface area contributed by atoms with Crippen molar-refractivity contribution < 1.29 is 18.8 Å². The molecule has 23 heavy (non-hydrogen) atoms. The minimum Gasteiger partial charge on any atom is -0.381 e. The van der Waals surface area contributed by atoms with Crippen molar-refractivity contribution in [3.63, 3.8) is 0 Å². The third-order valence-corrected chi connectivity index (χ3v) is 4.52. The van der Waals surface area contributed by atoms with E-state index in [1.165, 1.54) is 12.1 Å². The van der Waals surface area contributed by atoms with Crippen molar-refractivity contribution in [3.05, 3.63) is 34.1 Å². The highest BCUT2D eigenvalue weighted by Crippen LogP contribution is 2.27. The number of ether oxygens (including phenoxy) is 2. The normalized spacial score (nSPS) is 22.5. The molecule has 2 saturated heterocycles. The lowest BCUT2D eigenvalue weighted by Crippen LogP contribution is -2.38. The topological polar surface area (TPSA) is 64.8 Å². The van der Waals surface area contributed by atoms with Crippen LogP contribution in [0.2, 0.25) is 0 Å². The highest BCUT2D eigenvalue weighted by atomic mass is 19.1. The van der Waals surface area contributed by atoms with Gasteiger partial charge in [-0.25, -0.2) is 4.39 Å². The number of hydrogen-bond donors (Lipinski definition) is 0. The Balaban J connectivity index is 1.51. The zero-order valence-corrected chi connectivity index (χ0v) is 12.9. The van der Waals surface area contributed by atoms with Gasteiger partial charge in [-0.3, -0.25) is 10.1 Å². The molecule has 2 aliphatic rings. The third kappa shape index (κ3) is 3.97. The number of hydrogen-bond acceptors (Lipinski definition) is 5. The van der Waals surface area contributed by atoms with Crippen LogP contribution in [0.4, 0.5) is 15.8 Å². The second-order valence-corrected chi connectivity index (χ2v) is 6.14. The fourth-order valence-electron chi connectivity index (χ4n) is 3.12. The number of piperidine rings is 1. The number of benzene rings is 1. The molecule has 7 heteroatoms. The summed E-state index contributed by atoms with van der Waals surface area (Å²) in [7, 11) is 0. The first kappa shape index (κ1) is 16.1. The molecule has 0 spiro atoms. The molecule has 6 nitrogen and oxygen atoms in total. The lowest BCUT2D eigenvalue weighted by molar-refractivity contribution is -0.385. The van der Waals surface area contributed by atoms with Gasteiger partial charge in [-0.05, 0) is 25.3 Å². The molecular weight excluding hydrogens is 303 g/mol. The number of non-ortho nitro benzene ring substituents is 1. The third-order valence-electron chi connectivity index (χ3n) is 4.52. The molecule has 0 aromatic heterocycles. The molecule has 2 aliphatic heterocycles. The molecule has 126 valence electrons. The largest absolute Gasteiger partial charge is 0.381 e. The molecule has 0 bridgehead atoms. The minimum atomic E-state index is -0.584. The molecule has 1 unspecified atom stereocenters. The van der Waals surface area contributed by atoms with Gasteiger partial charge in [0.1, 0.15) is 0 Å². The predicted molar refractivity (Wildman–Crippen MR) is 83.2 cm³/mol. The molecule has 1 atom stereocenters. The van der Waals surface area contributed by atoms with E-state index in [0.29, 0.717) is 24.7 Å². The van der Waals surface area contributed by atoms with Gasteiger partial charge in [0.15, 0.2) is 5.82 Å². The van der Waals surface area contributed by atoms with Crippen molar-refractivity contribution in [2.45, 2.75) is 25.4 Å². The highest BCUT2D eigenvalue weighted by Gasteiger charge is 2.24. The van der Waals surface area contributed by atoms with Crippen LogP contribution in [0.5, 0.6) is 0 Å². The van der Waals surface area contributed by atoms with E-state index in [1.54, 1.807) is 0 Å². The maximum Gasteiger partial charge on any atom is 0.272 e. The van der Waals surface area contributed by atoms with Crippen LogP contribution in [0.25, 0.3) is 0 Å². The van der Waals surface area contributed by atoms with Crippen molar-refractivity contribution in [3.8, 4) is 0 Å². The Bertz CT molecular complexity index is 555. The van der Waals surface area contributed by atoms with Crippen LogP contribution in [0.1, 0.15) is 19.3 Å². The van der Waals surface area contributed by atoms with E-state index < -0.39 is 10.7 Å². The summed E-state index contributed by atoms with van der Waals surface area (Å²) >= 11 is 0.